The van der Waals surface area contributed by atoms with Gasteiger partial charge in [0.05, 0.1) is 0 Å². The fourth-order valence-corrected chi connectivity index (χ4v) is 1.99. The van der Waals surface area contributed by atoms with Crippen molar-refractivity contribution in [2.45, 2.75) is 39.7 Å². The highest BCUT2D eigenvalue weighted by Gasteiger charge is 2.24. The van der Waals surface area contributed by atoms with Crippen LogP contribution in [0.2, 0.25) is 5.02 Å². The van der Waals surface area contributed by atoms with Crippen LogP contribution in [0.25, 0.3) is 0 Å². The van der Waals surface area contributed by atoms with Gasteiger partial charge in [-0.1, -0.05) is 38.8 Å². The maximum atomic E-state index is 12.2. The molecule has 2 amide bonds. The minimum Gasteiger partial charge on any atom is -0.354 e. The van der Waals surface area contributed by atoms with Gasteiger partial charge in [0.25, 0.3) is 5.91 Å². The van der Waals surface area contributed by atoms with Gasteiger partial charge in [0.1, 0.15) is 6.04 Å². The molecule has 5 heteroatoms. The normalized spacial score (nSPS) is 12.0. The lowest BCUT2D eigenvalue weighted by Gasteiger charge is -2.21. The van der Waals surface area contributed by atoms with Crippen molar-refractivity contribution in [1.82, 2.24) is 10.6 Å². The van der Waals surface area contributed by atoms with Crippen molar-refractivity contribution in [3.63, 3.8) is 0 Å². The summed E-state index contributed by atoms with van der Waals surface area (Å²) in [6, 6.07) is 6.06. The van der Waals surface area contributed by atoms with Gasteiger partial charge in [0.15, 0.2) is 0 Å². The van der Waals surface area contributed by atoms with Crippen molar-refractivity contribution < 1.29 is 9.59 Å². The number of amides is 2. The number of rotatable bonds is 7. The minimum absolute atomic E-state index is 0.0166. The first-order valence-corrected chi connectivity index (χ1v) is 7.67. The molecule has 1 aromatic rings. The molecule has 1 rings (SSSR count). The van der Waals surface area contributed by atoms with Crippen molar-refractivity contribution in [3.05, 3.63) is 34.9 Å². The van der Waals surface area contributed by atoms with E-state index in [1.54, 1.807) is 24.3 Å². The van der Waals surface area contributed by atoms with E-state index < -0.39 is 6.04 Å². The molecule has 0 bridgehead atoms. The van der Waals surface area contributed by atoms with Gasteiger partial charge in [-0.15, -0.1) is 0 Å². The molecule has 0 spiro atoms. The second kappa shape index (κ2) is 8.67. The summed E-state index contributed by atoms with van der Waals surface area (Å²) < 4.78 is 0. The first kappa shape index (κ1) is 17.5. The van der Waals surface area contributed by atoms with E-state index in [2.05, 4.69) is 17.6 Å². The zero-order valence-corrected chi connectivity index (χ0v) is 13.5. The van der Waals surface area contributed by atoms with Gasteiger partial charge in [0, 0.05) is 17.1 Å². The van der Waals surface area contributed by atoms with E-state index in [0.29, 0.717) is 17.1 Å². The Labute approximate surface area is 131 Å². The lowest BCUT2D eigenvalue weighted by molar-refractivity contribution is -0.123. The van der Waals surface area contributed by atoms with Gasteiger partial charge < -0.3 is 10.6 Å². The van der Waals surface area contributed by atoms with E-state index in [0.717, 1.165) is 12.8 Å². The molecule has 1 atom stereocenters. The molecule has 0 saturated heterocycles. The summed E-state index contributed by atoms with van der Waals surface area (Å²) in [7, 11) is 0. The van der Waals surface area contributed by atoms with Crippen LogP contribution in [0, 0.1) is 5.92 Å². The van der Waals surface area contributed by atoms with E-state index in [1.807, 2.05) is 13.8 Å². The van der Waals surface area contributed by atoms with Gasteiger partial charge >= 0.3 is 0 Å². The second-order valence-corrected chi connectivity index (χ2v) is 5.78. The highest BCUT2D eigenvalue weighted by Crippen LogP contribution is 2.10. The molecular weight excluding hydrogens is 288 g/mol. The van der Waals surface area contributed by atoms with Crippen molar-refractivity contribution in [2.75, 3.05) is 6.54 Å². The smallest absolute Gasteiger partial charge is 0.251 e. The summed E-state index contributed by atoms with van der Waals surface area (Å²) in [6.07, 6.45) is 1.95. The van der Waals surface area contributed by atoms with Crippen molar-refractivity contribution >= 4 is 23.4 Å². The average Bonchev–Trinajstić information content (AvgIpc) is 2.45. The molecule has 4 nitrogen and oxygen atoms in total. The van der Waals surface area contributed by atoms with Crippen molar-refractivity contribution in [3.8, 4) is 0 Å². The molecule has 0 aliphatic rings. The summed E-state index contributed by atoms with van der Waals surface area (Å²) in [5, 5.41) is 6.21. The zero-order chi connectivity index (χ0) is 15.8. The molecule has 0 unspecified atom stereocenters. The number of halogens is 1. The molecule has 0 aliphatic heterocycles. The van der Waals surface area contributed by atoms with Crippen LogP contribution in [0.1, 0.15) is 44.0 Å². The third-order valence-corrected chi connectivity index (χ3v) is 3.42. The van der Waals surface area contributed by atoms with Gasteiger partial charge in [-0.2, -0.15) is 0 Å². The van der Waals surface area contributed by atoms with E-state index in [9.17, 15) is 9.59 Å². The van der Waals surface area contributed by atoms with Crippen LogP contribution >= 0.6 is 11.6 Å². The van der Waals surface area contributed by atoms with E-state index in [-0.39, 0.29) is 17.7 Å². The summed E-state index contributed by atoms with van der Waals surface area (Å²) >= 11 is 5.80. The first-order chi connectivity index (χ1) is 9.95. The molecule has 2 N–H and O–H groups in total. The summed E-state index contributed by atoms with van der Waals surface area (Å²) in [5.74, 6) is -0.389. The monoisotopic (exact) mass is 310 g/mol. The average molecular weight is 311 g/mol. The molecule has 0 saturated carbocycles. The number of carbonyl (C=O) groups excluding carboxylic acids is 2. The van der Waals surface area contributed by atoms with E-state index in [4.69, 9.17) is 11.6 Å². The van der Waals surface area contributed by atoms with Gasteiger partial charge in [-0.05, 0) is 36.6 Å². The third-order valence-electron chi connectivity index (χ3n) is 3.17. The Kier molecular flexibility index (Phi) is 7.23. The van der Waals surface area contributed by atoms with Gasteiger partial charge in [0.2, 0.25) is 5.91 Å². The van der Waals surface area contributed by atoms with Crippen molar-refractivity contribution in [1.29, 1.82) is 0 Å². The summed E-state index contributed by atoms with van der Waals surface area (Å²) in [6.45, 7) is 6.52. The molecule has 0 aliphatic carbocycles. The fourth-order valence-electron chi connectivity index (χ4n) is 1.86. The zero-order valence-electron chi connectivity index (χ0n) is 12.8. The largest absolute Gasteiger partial charge is 0.354 e. The fraction of sp³-hybridized carbons (Fsp3) is 0.500. The molecule has 0 radical (unpaired) electrons. The Balaban J connectivity index is 2.67. The van der Waals surface area contributed by atoms with Crippen LogP contribution in [0.4, 0.5) is 0 Å². The van der Waals surface area contributed by atoms with Crippen LogP contribution in [-0.4, -0.2) is 24.4 Å². The standard InChI is InChI=1S/C16H23ClN2O2/c1-4-5-10-18-16(21)14(11(2)3)19-15(20)12-6-8-13(17)9-7-12/h6-9,11,14H,4-5,10H2,1-3H3,(H,18,21)(H,19,20)/t14-/m0/s1. The highest BCUT2D eigenvalue weighted by atomic mass is 35.5. The second-order valence-electron chi connectivity index (χ2n) is 5.35. The molecule has 0 fully saturated rings. The number of hydrogen-bond acceptors (Lipinski definition) is 2. The molecule has 1 aromatic carbocycles. The Morgan fingerprint density at radius 3 is 2.33 bits per heavy atom. The van der Waals surface area contributed by atoms with Crippen LogP contribution in [0.3, 0.4) is 0 Å². The quantitative estimate of drug-likeness (QED) is 0.761. The lowest BCUT2D eigenvalue weighted by atomic mass is 10.0. The molecular formula is C16H23ClN2O2. The van der Waals surface area contributed by atoms with Gasteiger partial charge in [-0.25, -0.2) is 0 Å². The summed E-state index contributed by atoms with van der Waals surface area (Å²) in [5.41, 5.74) is 0.492. The molecule has 0 aromatic heterocycles. The molecule has 116 valence electrons. The minimum atomic E-state index is -0.537. The number of nitrogens with one attached hydrogen (secondary N) is 2. The Morgan fingerprint density at radius 2 is 1.81 bits per heavy atom. The van der Waals surface area contributed by atoms with Crippen LogP contribution in [-0.2, 0) is 4.79 Å². The lowest BCUT2D eigenvalue weighted by Crippen LogP contribution is -2.49. The predicted molar refractivity (Wildman–Crippen MR) is 85.5 cm³/mol. The van der Waals surface area contributed by atoms with Crippen LogP contribution in [0.5, 0.6) is 0 Å². The Hall–Kier alpha value is -1.55. The van der Waals surface area contributed by atoms with Crippen LogP contribution in [0.15, 0.2) is 24.3 Å². The SMILES string of the molecule is CCCCNC(=O)[C@@H](NC(=O)c1ccc(Cl)cc1)C(C)C. The Bertz CT molecular complexity index is 472. The summed E-state index contributed by atoms with van der Waals surface area (Å²) in [4.78, 5) is 24.3. The Morgan fingerprint density at radius 1 is 1.19 bits per heavy atom. The third kappa shape index (κ3) is 5.76. The first-order valence-electron chi connectivity index (χ1n) is 7.29. The van der Waals surface area contributed by atoms with E-state index in [1.165, 1.54) is 0 Å². The number of hydrogen-bond donors (Lipinski definition) is 2. The maximum Gasteiger partial charge on any atom is 0.251 e. The predicted octanol–water partition coefficient (Wildman–Crippen LogP) is 3.01. The molecule has 21 heavy (non-hydrogen) atoms. The highest BCUT2D eigenvalue weighted by molar-refractivity contribution is 6.30. The maximum absolute atomic E-state index is 12.2. The van der Waals surface area contributed by atoms with Crippen molar-refractivity contribution in [2.24, 2.45) is 5.92 Å². The van der Waals surface area contributed by atoms with Crippen LogP contribution < -0.4 is 10.6 Å². The number of unbranched alkanes of at least 4 members (excludes halogenated alkanes) is 1. The van der Waals surface area contributed by atoms with Gasteiger partial charge in [-0.3, -0.25) is 9.59 Å². The topological polar surface area (TPSA) is 58.2 Å². The number of benzene rings is 1. The van der Waals surface area contributed by atoms with E-state index >= 15 is 0 Å². The number of carbonyl (C=O) groups is 2. The molecule has 0 heterocycles.